The van der Waals surface area contributed by atoms with Crippen LogP contribution in [0.15, 0.2) is 18.2 Å². The molecule has 1 fully saturated rings. The first-order valence-electron chi connectivity index (χ1n) is 6.84. The van der Waals surface area contributed by atoms with Crippen molar-refractivity contribution in [1.29, 1.82) is 0 Å². The molecule has 2 heterocycles. The van der Waals surface area contributed by atoms with Gasteiger partial charge in [0.1, 0.15) is 0 Å². The number of ether oxygens (including phenoxy) is 1. The molecule has 1 aromatic heterocycles. The highest BCUT2D eigenvalue weighted by molar-refractivity contribution is 6.31. The lowest BCUT2D eigenvalue weighted by atomic mass is 10.3. The lowest BCUT2D eigenvalue weighted by Gasteiger charge is -2.34. The van der Waals surface area contributed by atoms with E-state index in [9.17, 15) is 5.21 Å². The number of nitrogens with zero attached hydrogens (tertiary/aromatic N) is 5. The molecule has 3 rings (SSSR count). The van der Waals surface area contributed by atoms with Crippen LogP contribution in [0.2, 0.25) is 5.02 Å². The third-order valence-corrected chi connectivity index (χ3v) is 3.86. The minimum absolute atomic E-state index is 0.132. The highest BCUT2D eigenvalue weighted by atomic mass is 35.5. The molecule has 1 aliphatic heterocycles. The summed E-state index contributed by atoms with van der Waals surface area (Å²) in [4.78, 5) is 4.90. The van der Waals surface area contributed by atoms with Gasteiger partial charge in [-0.1, -0.05) is 16.3 Å². The topological polar surface area (TPSA) is 60.5 Å². The van der Waals surface area contributed by atoms with Crippen LogP contribution in [0.25, 0.3) is 11.0 Å². The predicted molar refractivity (Wildman–Crippen MR) is 78.8 cm³/mol. The van der Waals surface area contributed by atoms with Gasteiger partial charge >= 0.3 is 0 Å². The Hall–Kier alpha value is -1.41. The molecule has 0 amide bonds. The molecule has 8 heteroatoms. The van der Waals surface area contributed by atoms with Gasteiger partial charge in [-0.05, 0) is 26.2 Å². The van der Waals surface area contributed by atoms with Crippen LogP contribution in [0.4, 0.5) is 0 Å². The highest BCUT2D eigenvalue weighted by Crippen LogP contribution is 2.23. The molecule has 0 radical (unpaired) electrons. The van der Waals surface area contributed by atoms with Crippen molar-refractivity contribution in [1.82, 2.24) is 19.7 Å². The van der Waals surface area contributed by atoms with Crippen molar-refractivity contribution in [2.45, 2.75) is 6.29 Å². The van der Waals surface area contributed by atoms with Crippen LogP contribution >= 0.6 is 11.6 Å². The fourth-order valence-corrected chi connectivity index (χ4v) is 2.87. The molecule has 0 spiro atoms. The van der Waals surface area contributed by atoms with Crippen LogP contribution in [0.1, 0.15) is 6.29 Å². The molecule has 0 saturated carbocycles. The van der Waals surface area contributed by atoms with Gasteiger partial charge in [-0.25, -0.2) is 4.90 Å². The molecule has 1 unspecified atom stereocenters. The summed E-state index contributed by atoms with van der Waals surface area (Å²) in [7, 11) is 3.94. The van der Waals surface area contributed by atoms with Gasteiger partial charge in [-0.2, -0.15) is 0 Å². The van der Waals surface area contributed by atoms with Crippen LogP contribution in [0.5, 0.6) is 0 Å². The van der Waals surface area contributed by atoms with Crippen LogP contribution in [0.3, 0.4) is 0 Å². The molecular weight excluding hydrogens is 294 g/mol. The normalized spacial score (nSPS) is 18.5. The molecule has 0 bridgehead atoms. The average Bonchev–Trinajstić information content (AvgIpc) is 2.77. The number of hydrogen-bond acceptors (Lipinski definition) is 5. The van der Waals surface area contributed by atoms with Crippen molar-refractivity contribution < 1.29 is 9.58 Å². The van der Waals surface area contributed by atoms with Crippen LogP contribution < -0.4 is 4.85 Å². The Bertz CT molecular complexity index is 639. The van der Waals surface area contributed by atoms with E-state index in [1.165, 1.54) is 0 Å². The van der Waals surface area contributed by atoms with Gasteiger partial charge in [0.05, 0.1) is 18.4 Å². The zero-order chi connectivity index (χ0) is 15.0. The molecule has 0 aliphatic carbocycles. The first kappa shape index (κ1) is 14.5. The Morgan fingerprint density at radius 2 is 2.10 bits per heavy atom. The molecule has 7 nitrogen and oxygen atoms in total. The number of fused-ring (bicyclic) bond motifs is 1. The number of halogens is 1. The Labute approximate surface area is 127 Å². The summed E-state index contributed by atoms with van der Waals surface area (Å²) in [6.07, 6.45) is -0.132. The number of aromatic nitrogens is 3. The first-order valence-corrected chi connectivity index (χ1v) is 7.21. The summed E-state index contributed by atoms with van der Waals surface area (Å²) < 4.78 is 7.14. The van der Waals surface area contributed by atoms with E-state index >= 15 is 0 Å². The maximum atomic E-state index is 12.0. The number of benzene rings is 1. The molecule has 114 valence electrons. The molecule has 1 aromatic carbocycles. The standard InChI is InChI=1S/C13H18ClN5O2/c1-16(2)13(17-5-7-21-8-6-17)18-11-4-3-10(14)9-12(11)19(20)15-18/h3-4,9,13H,5-8H2,1-2H3. The zero-order valence-corrected chi connectivity index (χ0v) is 12.8. The first-order chi connectivity index (χ1) is 10.1. The second-order valence-electron chi connectivity index (χ2n) is 5.30. The van der Waals surface area contributed by atoms with Crippen molar-refractivity contribution in [3.63, 3.8) is 0 Å². The maximum absolute atomic E-state index is 12.0. The van der Waals surface area contributed by atoms with E-state index in [0.29, 0.717) is 28.6 Å². The quantitative estimate of drug-likeness (QED) is 0.616. The molecule has 1 saturated heterocycles. The minimum Gasteiger partial charge on any atom is -0.691 e. The van der Waals surface area contributed by atoms with Crippen molar-refractivity contribution in [3.05, 3.63) is 28.4 Å². The van der Waals surface area contributed by atoms with Crippen molar-refractivity contribution >= 4 is 22.6 Å². The molecular formula is C13H18ClN5O2. The van der Waals surface area contributed by atoms with E-state index in [1.54, 1.807) is 16.8 Å². The number of rotatable bonds is 3. The second-order valence-corrected chi connectivity index (χ2v) is 5.73. The maximum Gasteiger partial charge on any atom is 0.236 e. The molecule has 2 aromatic rings. The van der Waals surface area contributed by atoms with Gasteiger partial charge in [0.2, 0.25) is 17.3 Å². The Morgan fingerprint density at radius 1 is 1.38 bits per heavy atom. The third kappa shape index (κ3) is 2.69. The smallest absolute Gasteiger partial charge is 0.236 e. The fourth-order valence-electron chi connectivity index (χ4n) is 2.71. The second kappa shape index (κ2) is 5.76. The lowest BCUT2D eigenvalue weighted by Crippen LogP contribution is -2.48. The van der Waals surface area contributed by atoms with Crippen LogP contribution in [0, 0.1) is 5.21 Å². The van der Waals surface area contributed by atoms with Gasteiger partial charge in [-0.3, -0.25) is 4.90 Å². The van der Waals surface area contributed by atoms with E-state index in [0.717, 1.165) is 18.6 Å². The molecule has 0 N–H and O–H groups in total. The summed E-state index contributed by atoms with van der Waals surface area (Å²) >= 11 is 5.96. The summed E-state index contributed by atoms with van der Waals surface area (Å²) in [5.41, 5.74) is 1.24. The SMILES string of the molecule is CN(C)C(N1CCOCC1)n1n[n+]([O-])c2cc(Cl)ccc21. The van der Waals surface area contributed by atoms with Gasteiger partial charge in [0, 0.05) is 24.2 Å². The van der Waals surface area contributed by atoms with E-state index in [2.05, 4.69) is 10.1 Å². The highest BCUT2D eigenvalue weighted by Gasteiger charge is 2.32. The van der Waals surface area contributed by atoms with Gasteiger partial charge in [-0.15, -0.1) is 4.85 Å². The summed E-state index contributed by atoms with van der Waals surface area (Å²) in [5.74, 6) is 0. The fraction of sp³-hybridized carbons (Fsp3) is 0.538. The molecule has 1 aliphatic rings. The van der Waals surface area contributed by atoms with Crippen molar-refractivity contribution in [3.8, 4) is 0 Å². The number of morpholine rings is 1. The van der Waals surface area contributed by atoms with Gasteiger partial charge < -0.3 is 9.94 Å². The van der Waals surface area contributed by atoms with Gasteiger partial charge in [0.15, 0.2) is 0 Å². The Kier molecular flexibility index (Phi) is 3.99. The van der Waals surface area contributed by atoms with E-state index in [1.807, 2.05) is 25.1 Å². The summed E-state index contributed by atoms with van der Waals surface area (Å²) in [5, 5.41) is 16.7. The van der Waals surface area contributed by atoms with E-state index < -0.39 is 0 Å². The van der Waals surface area contributed by atoms with E-state index in [-0.39, 0.29) is 6.29 Å². The Morgan fingerprint density at radius 3 is 2.76 bits per heavy atom. The zero-order valence-electron chi connectivity index (χ0n) is 12.1. The van der Waals surface area contributed by atoms with Crippen LogP contribution in [-0.2, 0) is 4.74 Å². The number of hydrogen-bond donors (Lipinski definition) is 0. The third-order valence-electron chi connectivity index (χ3n) is 3.62. The van der Waals surface area contributed by atoms with Gasteiger partial charge in [0.25, 0.3) is 0 Å². The van der Waals surface area contributed by atoms with Crippen molar-refractivity contribution in [2.75, 3.05) is 40.4 Å². The largest absolute Gasteiger partial charge is 0.691 e. The van der Waals surface area contributed by atoms with Crippen molar-refractivity contribution in [2.24, 2.45) is 0 Å². The van der Waals surface area contributed by atoms with Crippen LogP contribution in [-0.4, -0.2) is 60.1 Å². The summed E-state index contributed by atoms with van der Waals surface area (Å²) in [6, 6.07) is 5.24. The molecule has 21 heavy (non-hydrogen) atoms. The Balaban J connectivity index is 2.07. The monoisotopic (exact) mass is 311 g/mol. The molecule has 1 atom stereocenters. The summed E-state index contributed by atoms with van der Waals surface area (Å²) in [6.45, 7) is 2.98. The lowest BCUT2D eigenvalue weighted by molar-refractivity contribution is -0.647. The average molecular weight is 312 g/mol. The predicted octanol–water partition coefficient (Wildman–Crippen LogP) is 0.673. The van der Waals surface area contributed by atoms with E-state index in [4.69, 9.17) is 16.3 Å². The minimum atomic E-state index is -0.132.